The molecule has 0 fully saturated rings. The van der Waals surface area contributed by atoms with Crippen LogP contribution in [0, 0.1) is 0 Å². The van der Waals surface area contributed by atoms with Gasteiger partial charge in [0.25, 0.3) is 0 Å². The molecule has 0 saturated carbocycles. The van der Waals surface area contributed by atoms with Gasteiger partial charge >= 0.3 is 11.9 Å². The number of carbonyl (C=O) groups excluding carboxylic acids is 2. The van der Waals surface area contributed by atoms with E-state index in [0.29, 0.717) is 32.9 Å². The minimum absolute atomic E-state index is 0.134. The first-order chi connectivity index (χ1) is 12.4. The van der Waals surface area contributed by atoms with E-state index in [-0.39, 0.29) is 11.8 Å². The predicted molar refractivity (Wildman–Crippen MR) is 100.0 cm³/mol. The van der Waals surface area contributed by atoms with Crippen LogP contribution in [0.25, 0.3) is 10.8 Å². The van der Waals surface area contributed by atoms with Gasteiger partial charge in [0.2, 0.25) is 0 Å². The number of benzene rings is 2. The molecular weight excluding hydrogens is 352 g/mol. The summed E-state index contributed by atoms with van der Waals surface area (Å²) in [7, 11) is 0. The van der Waals surface area contributed by atoms with Crippen LogP contribution in [0.3, 0.4) is 0 Å². The molecule has 2 atom stereocenters. The van der Waals surface area contributed by atoms with Crippen LogP contribution in [0.1, 0.15) is 43.2 Å². The highest BCUT2D eigenvalue weighted by Gasteiger charge is 2.40. The Morgan fingerprint density at radius 1 is 1.04 bits per heavy atom. The standard InChI is InChI=1S/C21H17ClO4/c1-10(2)21(24)26-19-15-7-6-14(22)9-16(15)20(25-11(3)23)18-13-5-4-12(8-13)17(18)19/h4-7,9,12-13H,1,8H2,2-3H3. The van der Waals surface area contributed by atoms with Crippen LogP contribution in [0.15, 0.2) is 42.5 Å². The number of fused-ring (bicyclic) bond motifs is 6. The fraction of sp³-hybridized carbons (Fsp3) is 0.238. The summed E-state index contributed by atoms with van der Waals surface area (Å²) in [5.41, 5.74) is 2.15. The highest BCUT2D eigenvalue weighted by Crippen LogP contribution is 2.58. The molecule has 2 unspecified atom stereocenters. The Hall–Kier alpha value is -2.59. The van der Waals surface area contributed by atoms with Crippen molar-refractivity contribution in [3.05, 3.63) is 58.7 Å². The lowest BCUT2D eigenvalue weighted by atomic mass is 9.90. The number of rotatable bonds is 3. The number of halogens is 1. The smallest absolute Gasteiger partial charge is 0.338 e. The number of esters is 2. The van der Waals surface area contributed by atoms with Crippen LogP contribution >= 0.6 is 11.6 Å². The molecule has 0 radical (unpaired) electrons. The molecule has 2 aromatic carbocycles. The van der Waals surface area contributed by atoms with Crippen LogP contribution in [-0.4, -0.2) is 11.9 Å². The molecule has 4 nitrogen and oxygen atoms in total. The second-order valence-electron chi connectivity index (χ2n) is 6.77. The average molecular weight is 369 g/mol. The van der Waals surface area contributed by atoms with Crippen molar-refractivity contribution in [3.8, 4) is 11.5 Å². The van der Waals surface area contributed by atoms with E-state index in [0.717, 1.165) is 17.5 Å². The molecule has 2 aromatic rings. The van der Waals surface area contributed by atoms with Gasteiger partial charge in [-0.3, -0.25) is 4.79 Å². The Labute approximate surface area is 156 Å². The number of allylic oxidation sites excluding steroid dienone is 2. The largest absolute Gasteiger partial charge is 0.426 e. The van der Waals surface area contributed by atoms with Crippen LogP contribution in [0.4, 0.5) is 0 Å². The van der Waals surface area contributed by atoms with Gasteiger partial charge in [-0.1, -0.05) is 30.3 Å². The lowest BCUT2D eigenvalue weighted by Crippen LogP contribution is -2.13. The van der Waals surface area contributed by atoms with Crippen molar-refractivity contribution in [2.75, 3.05) is 0 Å². The topological polar surface area (TPSA) is 52.6 Å². The Morgan fingerprint density at radius 3 is 2.23 bits per heavy atom. The highest BCUT2D eigenvalue weighted by molar-refractivity contribution is 6.31. The Kier molecular flexibility index (Phi) is 3.88. The zero-order chi connectivity index (χ0) is 18.6. The summed E-state index contributed by atoms with van der Waals surface area (Å²) in [6.07, 6.45) is 5.11. The molecular formula is C21H17ClO4. The molecule has 4 rings (SSSR count). The van der Waals surface area contributed by atoms with Crippen molar-refractivity contribution in [3.63, 3.8) is 0 Å². The van der Waals surface area contributed by atoms with Crippen molar-refractivity contribution in [2.45, 2.75) is 32.1 Å². The van der Waals surface area contributed by atoms with Gasteiger partial charge in [-0.2, -0.15) is 0 Å². The maximum absolute atomic E-state index is 12.2. The first-order valence-electron chi connectivity index (χ1n) is 8.40. The van der Waals surface area contributed by atoms with E-state index in [1.54, 1.807) is 25.1 Å². The molecule has 2 aliphatic carbocycles. The predicted octanol–water partition coefficient (Wildman–Crippen LogP) is 5.04. The third-order valence-corrected chi connectivity index (χ3v) is 5.10. The van der Waals surface area contributed by atoms with E-state index < -0.39 is 11.9 Å². The average Bonchev–Trinajstić information content (AvgIpc) is 3.18. The van der Waals surface area contributed by atoms with Crippen LogP contribution in [0.5, 0.6) is 11.5 Å². The van der Waals surface area contributed by atoms with E-state index in [2.05, 4.69) is 18.7 Å². The van der Waals surface area contributed by atoms with Gasteiger partial charge in [0.05, 0.1) is 0 Å². The minimum atomic E-state index is -0.476. The lowest BCUT2D eigenvalue weighted by Gasteiger charge is -2.22. The maximum Gasteiger partial charge on any atom is 0.338 e. The molecule has 0 aromatic heterocycles. The molecule has 26 heavy (non-hydrogen) atoms. The zero-order valence-corrected chi connectivity index (χ0v) is 15.2. The van der Waals surface area contributed by atoms with E-state index in [4.69, 9.17) is 21.1 Å². The SMILES string of the molecule is C=C(C)C(=O)Oc1c2c(c(OC(C)=O)c3cc(Cl)ccc13)C1C=CC2C1. The summed E-state index contributed by atoms with van der Waals surface area (Å²) in [4.78, 5) is 24.0. The van der Waals surface area contributed by atoms with Gasteiger partial charge in [-0.05, 0) is 31.5 Å². The summed E-state index contributed by atoms with van der Waals surface area (Å²) in [6, 6.07) is 5.26. The summed E-state index contributed by atoms with van der Waals surface area (Å²) in [5, 5.41) is 1.87. The van der Waals surface area contributed by atoms with Crippen LogP contribution < -0.4 is 9.47 Å². The lowest BCUT2D eigenvalue weighted by molar-refractivity contribution is -0.132. The minimum Gasteiger partial charge on any atom is -0.426 e. The van der Waals surface area contributed by atoms with Crippen molar-refractivity contribution in [2.24, 2.45) is 0 Å². The molecule has 5 heteroatoms. The summed E-state index contributed by atoms with van der Waals surface area (Å²) < 4.78 is 11.3. The Balaban J connectivity index is 2.06. The molecule has 0 N–H and O–H groups in total. The molecule has 2 aliphatic rings. The zero-order valence-electron chi connectivity index (χ0n) is 14.5. The molecule has 0 amide bonds. The normalized spacial score (nSPS) is 19.5. The number of hydrogen-bond donors (Lipinski definition) is 0. The van der Waals surface area contributed by atoms with Gasteiger partial charge in [-0.25, -0.2) is 4.79 Å². The third kappa shape index (κ3) is 2.53. The number of carbonyl (C=O) groups is 2. The molecule has 0 spiro atoms. The van der Waals surface area contributed by atoms with Gasteiger partial charge in [0.15, 0.2) is 0 Å². The van der Waals surface area contributed by atoms with Crippen molar-refractivity contribution in [1.29, 1.82) is 0 Å². The Bertz CT molecular complexity index is 1020. The maximum atomic E-state index is 12.2. The van der Waals surface area contributed by atoms with E-state index in [9.17, 15) is 9.59 Å². The highest BCUT2D eigenvalue weighted by atomic mass is 35.5. The molecule has 0 saturated heterocycles. The Morgan fingerprint density at radius 2 is 1.65 bits per heavy atom. The number of ether oxygens (including phenoxy) is 2. The summed E-state index contributed by atoms with van der Waals surface area (Å²) in [6.45, 7) is 6.65. The molecule has 0 heterocycles. The number of hydrogen-bond acceptors (Lipinski definition) is 4. The monoisotopic (exact) mass is 368 g/mol. The molecule has 132 valence electrons. The van der Waals surface area contributed by atoms with Gasteiger partial charge in [-0.15, -0.1) is 0 Å². The third-order valence-electron chi connectivity index (χ3n) is 4.86. The fourth-order valence-electron chi connectivity index (χ4n) is 3.84. The van der Waals surface area contributed by atoms with Gasteiger partial charge in [0.1, 0.15) is 11.5 Å². The quantitative estimate of drug-likeness (QED) is 0.329. The van der Waals surface area contributed by atoms with Crippen LogP contribution in [-0.2, 0) is 9.59 Å². The van der Waals surface area contributed by atoms with E-state index in [1.165, 1.54) is 6.92 Å². The summed E-state index contributed by atoms with van der Waals surface area (Å²) in [5.74, 6) is 0.416. The van der Waals surface area contributed by atoms with Crippen molar-refractivity contribution in [1.82, 2.24) is 0 Å². The first kappa shape index (κ1) is 16.9. The first-order valence-corrected chi connectivity index (χ1v) is 8.78. The van der Waals surface area contributed by atoms with Crippen molar-refractivity contribution < 1.29 is 19.1 Å². The van der Waals surface area contributed by atoms with Crippen molar-refractivity contribution >= 4 is 34.3 Å². The second kappa shape index (κ2) is 5.99. The van der Waals surface area contributed by atoms with Gasteiger partial charge in [0, 0.05) is 51.3 Å². The van der Waals surface area contributed by atoms with E-state index in [1.807, 2.05) is 0 Å². The molecule has 2 bridgehead atoms. The van der Waals surface area contributed by atoms with Crippen LogP contribution in [0.2, 0.25) is 5.02 Å². The van der Waals surface area contributed by atoms with Gasteiger partial charge < -0.3 is 9.47 Å². The fourth-order valence-corrected chi connectivity index (χ4v) is 4.02. The summed E-state index contributed by atoms with van der Waals surface area (Å²) >= 11 is 6.19. The van der Waals surface area contributed by atoms with E-state index >= 15 is 0 Å². The second-order valence-corrected chi connectivity index (χ2v) is 7.21. The molecule has 0 aliphatic heterocycles.